The Morgan fingerprint density at radius 1 is 1.02 bits per heavy atom. The minimum atomic E-state index is -1.30. The van der Waals surface area contributed by atoms with Gasteiger partial charge in [0.2, 0.25) is 11.8 Å². The number of amides is 5. The maximum atomic E-state index is 13.8. The molecule has 1 spiro atoms. The number of carbonyl (C=O) groups is 4. The van der Waals surface area contributed by atoms with Gasteiger partial charge in [0.1, 0.15) is 24.4 Å². The summed E-state index contributed by atoms with van der Waals surface area (Å²) in [4.78, 5) is 62.7. The zero-order valence-electron chi connectivity index (χ0n) is 39.5. The number of ether oxygens (including phenoxy) is 4. The summed E-state index contributed by atoms with van der Waals surface area (Å²) >= 11 is 11.7. The Hall–Kier alpha value is -4.57. The molecule has 2 saturated carbocycles. The molecule has 66 heavy (non-hydrogen) atoms. The Bertz CT molecular complexity index is 2120. The Morgan fingerprint density at radius 3 is 2.33 bits per heavy atom. The van der Waals surface area contributed by atoms with Crippen molar-refractivity contribution in [3.63, 3.8) is 0 Å². The van der Waals surface area contributed by atoms with Crippen molar-refractivity contribution in [1.82, 2.24) is 16.0 Å². The molecule has 6 N–H and O–H groups in total. The van der Waals surface area contributed by atoms with Gasteiger partial charge in [0.25, 0.3) is 5.79 Å². The number of alkyl carbamates (subject to hydrolysis) is 1. The zero-order valence-corrected chi connectivity index (χ0v) is 41.1. The first kappa shape index (κ1) is 52.4. The van der Waals surface area contributed by atoms with E-state index in [1.807, 2.05) is 39.0 Å². The molecule has 2 aromatic carbocycles. The summed E-state index contributed by atoms with van der Waals surface area (Å²) in [6.07, 6.45) is 6.70. The highest BCUT2D eigenvalue weighted by Crippen LogP contribution is 2.65. The predicted molar refractivity (Wildman–Crippen MR) is 253 cm³/mol. The fourth-order valence-corrected chi connectivity index (χ4v) is 10.00. The Morgan fingerprint density at radius 2 is 1.73 bits per heavy atom. The number of carbonyl (C=O) groups excluding carboxylic acids is 4. The lowest BCUT2D eigenvalue weighted by molar-refractivity contribution is -0.641. The van der Waals surface area contributed by atoms with Crippen LogP contribution in [0.15, 0.2) is 42.5 Å². The van der Waals surface area contributed by atoms with Crippen LogP contribution in [0.2, 0.25) is 5.02 Å². The number of benzene rings is 2. The van der Waals surface area contributed by atoms with Crippen LogP contribution in [0.5, 0.6) is 5.75 Å². The highest BCUT2D eigenvalue weighted by molar-refractivity contribution is 7.81. The Kier molecular flexibility index (Phi) is 17.5. The summed E-state index contributed by atoms with van der Waals surface area (Å²) in [5.74, 6) is -1.01. The van der Waals surface area contributed by atoms with E-state index in [1.165, 1.54) is 12.5 Å². The largest absolute Gasteiger partial charge is 0.487 e. The van der Waals surface area contributed by atoms with Gasteiger partial charge in [0.05, 0.1) is 23.3 Å². The number of primary amides is 1. The highest BCUT2D eigenvalue weighted by Gasteiger charge is 2.74. The van der Waals surface area contributed by atoms with Crippen LogP contribution in [-0.2, 0) is 46.0 Å². The van der Waals surface area contributed by atoms with Crippen LogP contribution in [0.3, 0.4) is 0 Å². The maximum Gasteiger partial charge on any atom is 0.409 e. The fourth-order valence-electron chi connectivity index (χ4n) is 9.50. The number of rotatable bonds is 19. The summed E-state index contributed by atoms with van der Waals surface area (Å²) in [7, 11) is 1.61. The zero-order chi connectivity index (χ0) is 48.6. The van der Waals surface area contributed by atoms with Crippen molar-refractivity contribution in [3.05, 3.63) is 64.2 Å². The summed E-state index contributed by atoms with van der Waals surface area (Å²) < 4.78 is 23.9. The number of nitrogens with one attached hydrogen (secondary N) is 4. The fraction of sp³-hybridized carbons (Fsp3) is 0.604. The van der Waals surface area contributed by atoms with Gasteiger partial charge in [-0.25, -0.2) is 14.5 Å². The van der Waals surface area contributed by atoms with Crippen LogP contribution in [-0.4, -0.2) is 72.4 Å². The Balaban J connectivity index is 1.29. The monoisotopic (exact) mass is 954 g/mol. The molecule has 5 amide bonds. The molecule has 9 unspecified atom stereocenters. The number of halogens is 1. The van der Waals surface area contributed by atoms with Crippen molar-refractivity contribution in [2.75, 3.05) is 25.6 Å². The number of fused-ring (bicyclic) bond motifs is 3. The van der Waals surface area contributed by atoms with Crippen molar-refractivity contribution in [2.45, 2.75) is 135 Å². The molecule has 16 nitrogen and oxygen atoms in total. The average molecular weight is 956 g/mol. The minimum absolute atomic E-state index is 0.00715. The van der Waals surface area contributed by atoms with Crippen LogP contribution in [0.4, 0.5) is 15.3 Å². The number of anilines is 1. The van der Waals surface area contributed by atoms with E-state index < -0.39 is 63.9 Å². The van der Waals surface area contributed by atoms with Gasteiger partial charge in [-0.05, 0) is 120 Å². The Labute approximate surface area is 399 Å². The van der Waals surface area contributed by atoms with Crippen molar-refractivity contribution >= 4 is 59.9 Å². The van der Waals surface area contributed by atoms with Gasteiger partial charge >= 0.3 is 12.1 Å². The lowest BCUT2D eigenvalue weighted by atomic mass is 9.54. The van der Waals surface area contributed by atoms with Gasteiger partial charge in [-0.15, -0.1) is 12.6 Å². The van der Waals surface area contributed by atoms with Crippen molar-refractivity contribution in [1.29, 1.82) is 5.26 Å². The maximum absolute atomic E-state index is 13.8. The van der Waals surface area contributed by atoms with Crippen LogP contribution in [0.1, 0.15) is 111 Å². The number of nitrogens with two attached hydrogens (primary N) is 1. The number of nitrogens with zero attached hydrogens (tertiary/aromatic N) is 1. The third-order valence-corrected chi connectivity index (χ3v) is 13.1. The van der Waals surface area contributed by atoms with E-state index in [-0.39, 0.29) is 43.0 Å². The first-order valence-corrected chi connectivity index (χ1v) is 23.4. The second kappa shape index (κ2) is 22.0. The van der Waals surface area contributed by atoms with Crippen LogP contribution in [0.25, 0.3) is 6.08 Å². The van der Waals surface area contributed by atoms with Gasteiger partial charge in [0, 0.05) is 36.5 Å². The molecule has 2 aliphatic carbocycles. The standard InChI is InChI=1S/C48H67ClN6O10S/c1-28(2)39(55-44(59)63-46(8,66)27-62-45(5,6)7)42(57)54-37(13-11-21-52-43(51)58)41(56)53-35-17-14-31(15-18-35)26-61-40-33(12-10-20-50)16-19-36(38(40)49)48(60-9)47(64-65-48)30(4)24-32-22-29(3)23-34(47)25-32/h10,12,14-19,28-30,32,34,37,39,66H,11,13,21-27H2,1-9H3,(H,53,56)(H,54,57)(H,55,59)(H3,51,52,58)/b12-10+. The quantitative estimate of drug-likeness (QED) is 0.0259. The van der Waals surface area contributed by atoms with Crippen LogP contribution in [0, 0.1) is 40.9 Å². The SMILES string of the molecule is COC1(c2ccc(/C=C/C#N)c(OCc3ccc(NC(=O)C(CCCNC(N)=O)NC(=O)C(NC(=O)OC(C)(S)COC(C)(C)C)C(C)C)cc3)c2Cl)OOC12C(C)CC1CC(C)CC2C1. The molecular weight excluding hydrogens is 888 g/mol. The number of hydrogen-bond acceptors (Lipinski definition) is 12. The minimum Gasteiger partial charge on any atom is -0.487 e. The molecule has 1 heterocycles. The first-order chi connectivity index (χ1) is 31.0. The molecule has 1 saturated heterocycles. The highest BCUT2D eigenvalue weighted by atomic mass is 35.5. The lowest BCUT2D eigenvalue weighted by Crippen LogP contribution is -2.74. The molecule has 1 aliphatic heterocycles. The predicted octanol–water partition coefficient (Wildman–Crippen LogP) is 8.13. The van der Waals surface area contributed by atoms with E-state index >= 15 is 0 Å². The number of nitriles is 1. The third kappa shape index (κ3) is 12.5. The second-order valence-corrected chi connectivity index (χ2v) is 20.7. The van der Waals surface area contributed by atoms with Crippen LogP contribution < -0.4 is 31.7 Å². The molecule has 3 fully saturated rings. The summed E-state index contributed by atoms with van der Waals surface area (Å²) in [5, 5.41) is 20.4. The summed E-state index contributed by atoms with van der Waals surface area (Å²) in [5.41, 5.74) is 6.30. The number of methoxy groups -OCH3 is 1. The molecule has 3 aliphatic rings. The van der Waals surface area contributed by atoms with E-state index in [4.69, 9.17) is 46.1 Å². The van der Waals surface area contributed by atoms with Crippen LogP contribution >= 0.6 is 24.2 Å². The van der Waals surface area contributed by atoms with Gasteiger partial charge in [0.15, 0.2) is 10.5 Å². The molecule has 18 heteroatoms. The third-order valence-electron chi connectivity index (χ3n) is 12.5. The van der Waals surface area contributed by atoms with Crippen molar-refractivity contribution < 1.29 is 47.9 Å². The van der Waals surface area contributed by atoms with E-state index in [9.17, 15) is 24.4 Å². The van der Waals surface area contributed by atoms with E-state index in [0.29, 0.717) is 40.8 Å². The van der Waals surface area contributed by atoms with Crippen molar-refractivity contribution in [2.24, 2.45) is 35.3 Å². The molecule has 2 aromatic rings. The van der Waals surface area contributed by atoms with Gasteiger partial charge in [-0.3, -0.25) is 9.59 Å². The second-order valence-electron chi connectivity index (χ2n) is 19.4. The topological polar surface area (TPSA) is 222 Å². The number of hydrogen-bond donors (Lipinski definition) is 6. The van der Waals surface area contributed by atoms with Gasteiger partial charge in [-0.2, -0.15) is 10.1 Å². The van der Waals surface area contributed by atoms with Gasteiger partial charge in [-0.1, -0.05) is 63.6 Å². The average Bonchev–Trinajstić information content (AvgIpc) is 3.22. The summed E-state index contributed by atoms with van der Waals surface area (Å²) in [6, 6.07) is 9.76. The number of thiol groups is 1. The molecule has 362 valence electrons. The van der Waals surface area contributed by atoms with Crippen molar-refractivity contribution in [3.8, 4) is 11.8 Å². The molecule has 0 radical (unpaired) electrons. The molecule has 0 aromatic heterocycles. The summed E-state index contributed by atoms with van der Waals surface area (Å²) in [6.45, 7) is 15.3. The molecule has 2 bridgehead atoms. The van der Waals surface area contributed by atoms with E-state index in [0.717, 1.165) is 24.8 Å². The number of urea groups is 1. The normalized spacial score (nSPS) is 25.4. The first-order valence-electron chi connectivity index (χ1n) is 22.6. The molecular formula is C48H67ClN6O10S. The van der Waals surface area contributed by atoms with Gasteiger partial charge < -0.3 is 45.9 Å². The van der Waals surface area contributed by atoms with E-state index in [2.05, 4.69) is 47.7 Å². The number of allylic oxidation sites excluding steroid dienone is 1. The molecule has 5 rings (SSSR count). The molecule has 9 atom stereocenters. The smallest absolute Gasteiger partial charge is 0.409 e. The van der Waals surface area contributed by atoms with E-state index in [1.54, 1.807) is 58.2 Å². The lowest BCUT2D eigenvalue weighted by Gasteiger charge is -2.65.